The first-order valence-corrected chi connectivity index (χ1v) is 13.6. The highest BCUT2D eigenvalue weighted by Crippen LogP contribution is 2.39. The number of hydrogen-bond donors (Lipinski definition) is 0. The molecule has 1 aromatic heterocycles. The molecular formula is C24H32N4O4S. The quantitative estimate of drug-likeness (QED) is 0.527. The molecular weight excluding hydrogens is 440 g/mol. The van der Waals surface area contributed by atoms with E-state index < -0.39 is 9.84 Å². The van der Waals surface area contributed by atoms with Crippen LogP contribution in [0.2, 0.25) is 0 Å². The summed E-state index contributed by atoms with van der Waals surface area (Å²) in [5.41, 5.74) is 1.57. The molecule has 2 aliphatic carbocycles. The minimum atomic E-state index is -3.59. The highest BCUT2D eigenvalue weighted by atomic mass is 32.2. The van der Waals surface area contributed by atoms with Gasteiger partial charge in [-0.15, -0.1) is 0 Å². The number of carbonyl (C=O) groups excluding carboxylic acids is 1. The van der Waals surface area contributed by atoms with Crippen LogP contribution >= 0.6 is 0 Å². The predicted octanol–water partition coefficient (Wildman–Crippen LogP) is 2.26. The fraction of sp³-hybridized carbons (Fsp3) is 0.583. The maximum absolute atomic E-state index is 13.3. The topological polar surface area (TPSA) is 84.7 Å². The second kappa shape index (κ2) is 9.56. The first-order chi connectivity index (χ1) is 16.0. The second-order valence-electron chi connectivity index (χ2n) is 9.37. The van der Waals surface area contributed by atoms with Crippen molar-refractivity contribution in [2.75, 3.05) is 39.4 Å². The van der Waals surface area contributed by atoms with Gasteiger partial charge in [0.2, 0.25) is 20.9 Å². The average Bonchev–Trinajstić information content (AvgIpc) is 3.75. The first kappa shape index (κ1) is 22.6. The molecule has 2 aromatic rings. The number of amides is 1. The Morgan fingerprint density at radius 1 is 1.09 bits per heavy atom. The van der Waals surface area contributed by atoms with Gasteiger partial charge >= 0.3 is 0 Å². The number of nitrogens with zero attached hydrogens (tertiary/aromatic N) is 4. The Bertz CT molecular complexity index is 1070. The molecule has 0 N–H and O–H groups in total. The maximum Gasteiger partial charge on any atom is 0.228 e. The molecule has 2 heterocycles. The van der Waals surface area contributed by atoms with Gasteiger partial charge in [-0.05, 0) is 31.2 Å². The van der Waals surface area contributed by atoms with Gasteiger partial charge in [0.05, 0.1) is 37.4 Å². The maximum atomic E-state index is 13.3. The summed E-state index contributed by atoms with van der Waals surface area (Å²) in [4.78, 5) is 21.7. The van der Waals surface area contributed by atoms with Gasteiger partial charge in [-0.1, -0.05) is 30.3 Å². The Labute approximate surface area is 195 Å². The lowest BCUT2D eigenvalue weighted by Gasteiger charge is -2.30. The van der Waals surface area contributed by atoms with E-state index in [0.29, 0.717) is 13.1 Å². The van der Waals surface area contributed by atoms with E-state index in [1.807, 2.05) is 39.8 Å². The molecule has 0 bridgehead atoms. The summed E-state index contributed by atoms with van der Waals surface area (Å²) in [6.45, 7) is 5.07. The molecule has 0 spiro atoms. The molecule has 2 saturated carbocycles. The van der Waals surface area contributed by atoms with Gasteiger partial charge in [0, 0.05) is 38.1 Å². The van der Waals surface area contributed by atoms with E-state index in [9.17, 15) is 13.2 Å². The minimum Gasteiger partial charge on any atom is -0.379 e. The van der Waals surface area contributed by atoms with Crippen molar-refractivity contribution in [3.05, 3.63) is 47.8 Å². The average molecular weight is 473 g/mol. The zero-order chi connectivity index (χ0) is 22.8. The Morgan fingerprint density at radius 3 is 2.48 bits per heavy atom. The number of benzene rings is 1. The lowest BCUT2D eigenvalue weighted by atomic mass is 10.2. The molecule has 1 aromatic carbocycles. The van der Waals surface area contributed by atoms with Gasteiger partial charge in [-0.2, -0.15) is 0 Å². The lowest BCUT2D eigenvalue weighted by molar-refractivity contribution is -0.133. The Kier molecular flexibility index (Phi) is 6.53. The highest BCUT2D eigenvalue weighted by Gasteiger charge is 2.37. The lowest BCUT2D eigenvalue weighted by Crippen LogP contribution is -2.43. The number of hydrogen-bond acceptors (Lipinski definition) is 6. The number of sulfone groups is 1. The predicted molar refractivity (Wildman–Crippen MR) is 123 cm³/mol. The summed E-state index contributed by atoms with van der Waals surface area (Å²) in [7, 11) is -3.59. The molecule has 1 aliphatic heterocycles. The van der Waals surface area contributed by atoms with Crippen LogP contribution in [-0.2, 0) is 31.7 Å². The third-order valence-corrected chi connectivity index (χ3v) is 8.18. The molecule has 3 fully saturated rings. The number of morpholine rings is 1. The third kappa shape index (κ3) is 5.47. The largest absolute Gasteiger partial charge is 0.379 e. The van der Waals surface area contributed by atoms with Gasteiger partial charge in [-0.3, -0.25) is 9.69 Å². The van der Waals surface area contributed by atoms with E-state index in [-0.39, 0.29) is 28.8 Å². The Balaban J connectivity index is 1.36. The van der Waals surface area contributed by atoms with Crippen LogP contribution in [0.4, 0.5) is 0 Å². The molecule has 8 nitrogen and oxygen atoms in total. The van der Waals surface area contributed by atoms with E-state index in [1.165, 1.54) is 0 Å². The van der Waals surface area contributed by atoms with Crippen molar-refractivity contribution in [3.8, 4) is 0 Å². The molecule has 1 amide bonds. The molecule has 5 rings (SSSR count). The van der Waals surface area contributed by atoms with Gasteiger partial charge in [0.1, 0.15) is 0 Å². The Hall–Kier alpha value is -2.23. The minimum absolute atomic E-state index is 0.0707. The van der Waals surface area contributed by atoms with Crippen LogP contribution < -0.4 is 0 Å². The van der Waals surface area contributed by atoms with E-state index in [1.54, 1.807) is 6.20 Å². The summed E-state index contributed by atoms with van der Waals surface area (Å²) in [5, 5.41) is 0.135. The fourth-order valence-electron chi connectivity index (χ4n) is 4.44. The monoisotopic (exact) mass is 472 g/mol. The first-order valence-electron chi connectivity index (χ1n) is 11.9. The van der Waals surface area contributed by atoms with Crippen molar-refractivity contribution in [1.82, 2.24) is 19.4 Å². The summed E-state index contributed by atoms with van der Waals surface area (Å²) < 4.78 is 33.8. The molecule has 9 heteroatoms. The zero-order valence-electron chi connectivity index (χ0n) is 18.9. The highest BCUT2D eigenvalue weighted by molar-refractivity contribution is 7.90. The smallest absolute Gasteiger partial charge is 0.228 e. The number of ether oxygens (including phenoxy) is 1. The van der Waals surface area contributed by atoms with Crippen LogP contribution in [0.1, 0.15) is 43.0 Å². The molecule has 33 heavy (non-hydrogen) atoms. The van der Waals surface area contributed by atoms with Gasteiger partial charge < -0.3 is 14.2 Å². The molecule has 0 radical (unpaired) electrons. The molecule has 178 valence electrons. The number of rotatable bonds is 10. The van der Waals surface area contributed by atoms with Crippen molar-refractivity contribution in [2.45, 2.75) is 49.2 Å². The van der Waals surface area contributed by atoms with Crippen LogP contribution in [-0.4, -0.2) is 73.1 Å². The normalized spacial score (nSPS) is 19.5. The summed E-state index contributed by atoms with van der Waals surface area (Å²) in [6.07, 6.45) is 5.46. The second-order valence-corrected chi connectivity index (χ2v) is 11.2. The van der Waals surface area contributed by atoms with E-state index >= 15 is 0 Å². The van der Waals surface area contributed by atoms with Crippen molar-refractivity contribution in [1.29, 1.82) is 0 Å². The summed E-state index contributed by atoms with van der Waals surface area (Å²) in [5.74, 6) is 0.229. The number of carbonyl (C=O) groups is 1. The SMILES string of the molecule is O=C(C1CC1)N(CCN1CCOCC1)Cc1cnc(S(=O)(=O)Cc2ccccc2)n1C1CC1. The Morgan fingerprint density at radius 2 is 1.82 bits per heavy atom. The molecule has 0 unspecified atom stereocenters. The zero-order valence-corrected chi connectivity index (χ0v) is 19.8. The van der Waals surface area contributed by atoms with Crippen LogP contribution in [0.15, 0.2) is 41.7 Å². The summed E-state index contributed by atoms with van der Waals surface area (Å²) >= 11 is 0. The molecule has 1 saturated heterocycles. The van der Waals surface area contributed by atoms with E-state index in [0.717, 1.165) is 69.8 Å². The standard InChI is InChI=1S/C24H32N4O4S/c29-23(20-6-7-20)27(11-10-26-12-14-32-15-13-26)17-22-16-25-24(28(22)21-8-9-21)33(30,31)18-19-4-2-1-3-5-19/h1-5,16,20-21H,6-15,17-18H2. The van der Waals surface area contributed by atoms with Crippen LogP contribution in [0, 0.1) is 5.92 Å². The molecule has 0 atom stereocenters. The van der Waals surface area contributed by atoms with Crippen LogP contribution in [0.25, 0.3) is 0 Å². The van der Waals surface area contributed by atoms with Crippen LogP contribution in [0.5, 0.6) is 0 Å². The van der Waals surface area contributed by atoms with E-state index in [4.69, 9.17) is 4.74 Å². The molecule has 3 aliphatic rings. The van der Waals surface area contributed by atoms with Crippen molar-refractivity contribution in [3.63, 3.8) is 0 Å². The summed E-state index contributed by atoms with van der Waals surface area (Å²) in [6, 6.07) is 9.37. The van der Waals surface area contributed by atoms with Crippen molar-refractivity contribution >= 4 is 15.7 Å². The van der Waals surface area contributed by atoms with Gasteiger partial charge in [0.15, 0.2) is 0 Å². The van der Waals surface area contributed by atoms with Gasteiger partial charge in [-0.25, -0.2) is 13.4 Å². The van der Waals surface area contributed by atoms with Crippen molar-refractivity contribution < 1.29 is 17.9 Å². The fourth-order valence-corrected chi connectivity index (χ4v) is 5.98. The van der Waals surface area contributed by atoms with Crippen molar-refractivity contribution in [2.24, 2.45) is 5.92 Å². The third-order valence-electron chi connectivity index (χ3n) is 6.61. The van der Waals surface area contributed by atoms with E-state index in [2.05, 4.69) is 9.88 Å². The number of aromatic nitrogens is 2. The number of imidazole rings is 1. The van der Waals surface area contributed by atoms with Gasteiger partial charge in [0.25, 0.3) is 0 Å². The van der Waals surface area contributed by atoms with Crippen LogP contribution in [0.3, 0.4) is 0 Å².